The maximum Gasteiger partial charge on any atom is 0.227 e. The molecule has 2 rings (SSSR count). The second-order valence-electron chi connectivity index (χ2n) is 4.18. The van der Waals surface area contributed by atoms with E-state index < -0.39 is 0 Å². The summed E-state index contributed by atoms with van der Waals surface area (Å²) in [6.07, 6.45) is 4.64. The van der Waals surface area contributed by atoms with Crippen LogP contribution in [0.2, 0.25) is 0 Å². The van der Waals surface area contributed by atoms with E-state index in [-0.39, 0.29) is 11.7 Å². The zero-order chi connectivity index (χ0) is 10.8. The Bertz CT molecular complexity index is 325. The highest BCUT2D eigenvalue weighted by molar-refractivity contribution is 9.09. The molecule has 1 unspecified atom stereocenters. The smallest absolute Gasteiger partial charge is 0.227 e. The third-order valence-corrected chi connectivity index (χ3v) is 3.87. The molecule has 1 saturated heterocycles. The number of nitrogens with zero attached hydrogens (tertiary/aromatic N) is 1. The monoisotopic (exact) mass is 271 g/mol. The average molecular weight is 272 g/mol. The summed E-state index contributed by atoms with van der Waals surface area (Å²) in [5.41, 5.74) is 0.930. The quantitative estimate of drug-likeness (QED) is 0.720. The van der Waals surface area contributed by atoms with Crippen LogP contribution in [0.4, 0.5) is 0 Å². The number of ketones is 1. The van der Waals surface area contributed by atoms with Crippen LogP contribution in [0, 0.1) is 5.92 Å². The largest absolute Gasteiger partial charge is 0.316 e. The molecule has 0 saturated carbocycles. The zero-order valence-electron chi connectivity index (χ0n) is 8.54. The molecule has 0 radical (unpaired) electrons. The summed E-state index contributed by atoms with van der Waals surface area (Å²) in [4.78, 5) is 24.8. The maximum atomic E-state index is 11.7. The molecule has 2 aliphatic rings. The molecular weight excluding hydrogens is 258 g/mol. The number of allylic oxidation sites excluding steroid dienone is 2. The molecule has 0 aromatic carbocycles. The predicted octanol–water partition coefficient (Wildman–Crippen LogP) is 1.87. The van der Waals surface area contributed by atoms with E-state index in [1.807, 2.05) is 0 Å². The number of hydrogen-bond donors (Lipinski definition) is 0. The normalized spacial score (nSPS) is 27.1. The minimum Gasteiger partial charge on any atom is -0.316 e. The van der Waals surface area contributed by atoms with E-state index in [9.17, 15) is 9.59 Å². The Morgan fingerprint density at radius 1 is 1.40 bits per heavy atom. The first-order valence-corrected chi connectivity index (χ1v) is 6.42. The number of rotatable bonds is 2. The molecular formula is C11H14BrNO2. The van der Waals surface area contributed by atoms with Crippen LogP contribution in [0.1, 0.15) is 25.7 Å². The fourth-order valence-corrected chi connectivity index (χ4v) is 2.58. The Hall–Kier alpha value is -0.640. The minimum absolute atomic E-state index is 0.159. The van der Waals surface area contributed by atoms with Crippen LogP contribution in [0.5, 0.6) is 0 Å². The van der Waals surface area contributed by atoms with Crippen molar-refractivity contribution in [3.63, 3.8) is 0 Å². The first kappa shape index (κ1) is 10.9. The summed E-state index contributed by atoms with van der Waals surface area (Å²) in [6.45, 7) is 0.767. The molecule has 1 atom stereocenters. The number of alkyl halides is 1. The van der Waals surface area contributed by atoms with E-state index in [4.69, 9.17) is 0 Å². The molecule has 3 nitrogen and oxygen atoms in total. The topological polar surface area (TPSA) is 37.4 Å². The molecule has 0 aromatic rings. The zero-order valence-corrected chi connectivity index (χ0v) is 10.1. The van der Waals surface area contributed by atoms with Crippen LogP contribution in [-0.4, -0.2) is 28.5 Å². The average Bonchev–Trinajstić information content (AvgIpc) is 2.60. The first-order valence-electron chi connectivity index (χ1n) is 5.30. The van der Waals surface area contributed by atoms with E-state index in [0.717, 1.165) is 30.4 Å². The van der Waals surface area contributed by atoms with Crippen LogP contribution >= 0.6 is 15.9 Å². The van der Waals surface area contributed by atoms with Gasteiger partial charge in [-0.3, -0.25) is 9.59 Å². The third kappa shape index (κ3) is 2.30. The third-order valence-electron chi connectivity index (χ3n) is 2.95. The number of carbonyl (C=O) groups excluding carboxylic acids is 2. The minimum atomic E-state index is 0.159. The standard InChI is InChI=1S/C11H14BrNO2/c12-6-8-4-11(15)13(7-8)9-2-1-3-10(14)5-9/h5,8H,1-4,6-7H2. The van der Waals surface area contributed by atoms with E-state index in [2.05, 4.69) is 15.9 Å². The highest BCUT2D eigenvalue weighted by atomic mass is 79.9. The van der Waals surface area contributed by atoms with Gasteiger partial charge in [0.1, 0.15) is 0 Å². The summed E-state index contributed by atoms with van der Waals surface area (Å²) in [6, 6.07) is 0. The lowest BCUT2D eigenvalue weighted by molar-refractivity contribution is -0.126. The Morgan fingerprint density at radius 2 is 2.20 bits per heavy atom. The maximum absolute atomic E-state index is 11.7. The summed E-state index contributed by atoms with van der Waals surface area (Å²) in [5.74, 6) is 0.724. The lowest BCUT2D eigenvalue weighted by atomic mass is 10.0. The molecule has 1 heterocycles. The van der Waals surface area contributed by atoms with Gasteiger partial charge in [-0.2, -0.15) is 0 Å². The van der Waals surface area contributed by atoms with Gasteiger partial charge in [0.25, 0.3) is 0 Å². The van der Waals surface area contributed by atoms with Gasteiger partial charge < -0.3 is 4.90 Å². The molecule has 0 spiro atoms. The lowest BCUT2D eigenvalue weighted by Gasteiger charge is -2.22. The van der Waals surface area contributed by atoms with Gasteiger partial charge in [-0.1, -0.05) is 15.9 Å². The molecule has 82 valence electrons. The van der Waals surface area contributed by atoms with Gasteiger partial charge in [0.05, 0.1) is 0 Å². The second kappa shape index (κ2) is 4.47. The molecule has 1 amide bonds. The van der Waals surface area contributed by atoms with Gasteiger partial charge in [0.2, 0.25) is 5.91 Å². The van der Waals surface area contributed by atoms with Crippen molar-refractivity contribution < 1.29 is 9.59 Å². The molecule has 1 aliphatic carbocycles. The van der Waals surface area contributed by atoms with Crippen molar-refractivity contribution in [1.82, 2.24) is 4.90 Å². The summed E-state index contributed by atoms with van der Waals surface area (Å²) in [5, 5.41) is 0.858. The Labute approximate surface area is 97.6 Å². The summed E-state index contributed by atoms with van der Waals surface area (Å²) >= 11 is 3.40. The van der Waals surface area contributed by atoms with E-state index in [1.54, 1.807) is 11.0 Å². The van der Waals surface area contributed by atoms with Gasteiger partial charge in [-0.25, -0.2) is 0 Å². The van der Waals surface area contributed by atoms with Crippen molar-refractivity contribution in [1.29, 1.82) is 0 Å². The molecule has 1 aliphatic heterocycles. The number of amides is 1. The Morgan fingerprint density at radius 3 is 2.80 bits per heavy atom. The number of hydrogen-bond acceptors (Lipinski definition) is 2. The van der Waals surface area contributed by atoms with Crippen molar-refractivity contribution in [3.05, 3.63) is 11.8 Å². The fraction of sp³-hybridized carbons (Fsp3) is 0.636. The fourth-order valence-electron chi connectivity index (χ4n) is 2.15. The van der Waals surface area contributed by atoms with E-state index >= 15 is 0 Å². The van der Waals surface area contributed by atoms with Crippen molar-refractivity contribution in [3.8, 4) is 0 Å². The Kier molecular flexibility index (Phi) is 3.24. The van der Waals surface area contributed by atoms with Gasteiger partial charge in [0, 0.05) is 36.5 Å². The Balaban J connectivity index is 2.11. The molecule has 0 bridgehead atoms. The van der Waals surface area contributed by atoms with Crippen molar-refractivity contribution in [2.24, 2.45) is 5.92 Å². The lowest BCUT2D eigenvalue weighted by Crippen LogP contribution is -2.27. The molecule has 15 heavy (non-hydrogen) atoms. The highest BCUT2D eigenvalue weighted by Crippen LogP contribution is 2.27. The van der Waals surface area contributed by atoms with Crippen LogP contribution < -0.4 is 0 Å². The van der Waals surface area contributed by atoms with Gasteiger partial charge in [-0.15, -0.1) is 0 Å². The van der Waals surface area contributed by atoms with Gasteiger partial charge >= 0.3 is 0 Å². The van der Waals surface area contributed by atoms with Crippen LogP contribution in [0.25, 0.3) is 0 Å². The van der Waals surface area contributed by atoms with E-state index in [1.165, 1.54) is 0 Å². The van der Waals surface area contributed by atoms with E-state index in [0.29, 0.717) is 18.8 Å². The number of halogens is 1. The van der Waals surface area contributed by atoms with Crippen molar-refractivity contribution >= 4 is 27.6 Å². The van der Waals surface area contributed by atoms with Crippen LogP contribution in [0.15, 0.2) is 11.8 Å². The first-order chi connectivity index (χ1) is 7.20. The summed E-state index contributed by atoms with van der Waals surface area (Å²) < 4.78 is 0. The molecule has 4 heteroatoms. The molecule has 0 N–H and O–H groups in total. The van der Waals surface area contributed by atoms with Gasteiger partial charge in [0.15, 0.2) is 5.78 Å². The SMILES string of the molecule is O=C1C=C(N2CC(CBr)CC2=O)CCC1. The van der Waals surface area contributed by atoms with Crippen LogP contribution in [-0.2, 0) is 9.59 Å². The molecule has 1 fully saturated rings. The van der Waals surface area contributed by atoms with Crippen molar-refractivity contribution in [2.45, 2.75) is 25.7 Å². The van der Waals surface area contributed by atoms with Crippen molar-refractivity contribution in [2.75, 3.05) is 11.9 Å². The van der Waals surface area contributed by atoms with Gasteiger partial charge in [-0.05, 0) is 18.8 Å². The highest BCUT2D eigenvalue weighted by Gasteiger charge is 2.31. The molecule has 0 aromatic heterocycles. The predicted molar refractivity (Wildman–Crippen MR) is 60.6 cm³/mol. The van der Waals surface area contributed by atoms with Crippen LogP contribution in [0.3, 0.4) is 0 Å². The number of carbonyl (C=O) groups is 2. The second-order valence-corrected chi connectivity index (χ2v) is 4.83. The number of likely N-dealkylation sites (tertiary alicyclic amines) is 1. The summed E-state index contributed by atoms with van der Waals surface area (Å²) in [7, 11) is 0.